The molecule has 1 aliphatic heterocycles. The van der Waals surface area contributed by atoms with Gasteiger partial charge < -0.3 is 5.73 Å². The highest BCUT2D eigenvalue weighted by molar-refractivity contribution is 7.92. The van der Waals surface area contributed by atoms with E-state index in [0.717, 1.165) is 5.56 Å². The van der Waals surface area contributed by atoms with Crippen LogP contribution in [0.2, 0.25) is 0 Å². The first-order valence-electron chi connectivity index (χ1n) is 5.23. The van der Waals surface area contributed by atoms with Crippen molar-refractivity contribution in [3.63, 3.8) is 0 Å². The normalized spacial score (nSPS) is 19.2. The third-order valence-electron chi connectivity index (χ3n) is 2.87. The van der Waals surface area contributed by atoms with Gasteiger partial charge in [-0.3, -0.25) is 9.10 Å². The first-order valence-corrected chi connectivity index (χ1v) is 7.07. The van der Waals surface area contributed by atoms with Gasteiger partial charge in [0.15, 0.2) is 0 Å². The minimum absolute atomic E-state index is 0.122. The second-order valence-corrected chi connectivity index (χ2v) is 6.18. The zero-order valence-corrected chi connectivity index (χ0v) is 10.5. The number of amides is 1. The Kier molecular flexibility index (Phi) is 2.61. The largest absolute Gasteiger partial charge is 0.366 e. The van der Waals surface area contributed by atoms with E-state index in [4.69, 9.17) is 5.73 Å². The van der Waals surface area contributed by atoms with Crippen LogP contribution in [0.5, 0.6) is 0 Å². The van der Waals surface area contributed by atoms with E-state index in [1.165, 1.54) is 10.6 Å². The fraction of sp³-hybridized carbons (Fsp3) is 0.364. The Morgan fingerprint density at radius 1 is 1.47 bits per heavy atom. The van der Waals surface area contributed by atoms with Gasteiger partial charge in [-0.05, 0) is 37.1 Å². The number of hydrogen-bond acceptors (Lipinski definition) is 3. The molecule has 0 fully saturated rings. The number of benzene rings is 1. The third-order valence-corrected chi connectivity index (χ3v) is 4.15. The van der Waals surface area contributed by atoms with Gasteiger partial charge in [-0.25, -0.2) is 8.42 Å². The molecule has 1 amide bonds. The number of nitrogens with two attached hydrogens (primary N) is 1. The highest BCUT2D eigenvalue weighted by Crippen LogP contribution is 2.34. The molecule has 92 valence electrons. The molecular weight excluding hydrogens is 240 g/mol. The van der Waals surface area contributed by atoms with Crippen molar-refractivity contribution >= 4 is 21.6 Å². The molecule has 6 heteroatoms. The van der Waals surface area contributed by atoms with Gasteiger partial charge in [0.1, 0.15) is 0 Å². The summed E-state index contributed by atoms with van der Waals surface area (Å²) >= 11 is 0. The van der Waals surface area contributed by atoms with Gasteiger partial charge in [-0.15, -0.1) is 0 Å². The molecule has 17 heavy (non-hydrogen) atoms. The van der Waals surface area contributed by atoms with E-state index in [1.54, 1.807) is 18.2 Å². The van der Waals surface area contributed by atoms with Crippen molar-refractivity contribution in [3.8, 4) is 0 Å². The van der Waals surface area contributed by atoms with E-state index in [2.05, 4.69) is 0 Å². The summed E-state index contributed by atoms with van der Waals surface area (Å²) < 4.78 is 24.7. The lowest BCUT2D eigenvalue weighted by Gasteiger charge is -2.21. The molecule has 1 aromatic rings. The molecule has 2 N–H and O–H groups in total. The molecule has 5 nitrogen and oxygen atoms in total. The number of sulfonamides is 1. The Morgan fingerprint density at radius 3 is 2.65 bits per heavy atom. The molecule has 0 saturated carbocycles. The number of rotatable bonds is 2. The van der Waals surface area contributed by atoms with Gasteiger partial charge in [0.2, 0.25) is 15.9 Å². The number of nitrogens with zero attached hydrogens (tertiary/aromatic N) is 1. The number of fused-ring (bicyclic) bond motifs is 1. The first kappa shape index (κ1) is 11.9. The monoisotopic (exact) mass is 254 g/mol. The fourth-order valence-corrected chi connectivity index (χ4v) is 3.53. The van der Waals surface area contributed by atoms with Gasteiger partial charge in [0, 0.05) is 11.6 Å². The number of primary amides is 1. The summed E-state index contributed by atoms with van der Waals surface area (Å²) in [7, 11) is -3.28. The van der Waals surface area contributed by atoms with Crippen LogP contribution in [0.25, 0.3) is 0 Å². The Bertz CT molecular complexity index is 580. The van der Waals surface area contributed by atoms with E-state index in [1.807, 2.05) is 6.92 Å². The zero-order chi connectivity index (χ0) is 12.8. The summed E-state index contributed by atoms with van der Waals surface area (Å²) in [5.41, 5.74) is 7.09. The van der Waals surface area contributed by atoms with Crippen LogP contribution in [0.4, 0.5) is 5.69 Å². The minimum Gasteiger partial charge on any atom is -0.366 e. The smallest absolute Gasteiger partial charge is 0.248 e. The summed E-state index contributed by atoms with van der Waals surface area (Å²) in [6, 6.07) is 4.74. The maximum absolute atomic E-state index is 11.7. The lowest BCUT2D eigenvalue weighted by molar-refractivity contribution is 0.1000. The highest BCUT2D eigenvalue weighted by Gasteiger charge is 2.32. The Labute approximate surface area is 100 Å². The molecule has 0 aromatic heterocycles. The number of anilines is 1. The van der Waals surface area contributed by atoms with Crippen LogP contribution in [0, 0.1) is 0 Å². The molecule has 0 radical (unpaired) electrons. The standard InChI is InChI=1S/C11H14N2O3S/c1-7-5-9-6-8(11(12)14)3-4-10(9)13(7)17(2,15)16/h3-4,6-7H,5H2,1-2H3,(H2,12,14)/t7-/m1/s1. The molecule has 0 spiro atoms. The fourth-order valence-electron chi connectivity index (χ4n) is 2.26. The summed E-state index contributed by atoms with van der Waals surface area (Å²) in [6.45, 7) is 1.84. The highest BCUT2D eigenvalue weighted by atomic mass is 32.2. The topological polar surface area (TPSA) is 80.5 Å². The molecule has 1 aliphatic rings. The van der Waals surface area contributed by atoms with E-state index >= 15 is 0 Å². The predicted octanol–water partition coefficient (Wildman–Crippen LogP) is 0.496. The van der Waals surface area contributed by atoms with Crippen LogP contribution in [-0.4, -0.2) is 26.6 Å². The van der Waals surface area contributed by atoms with Gasteiger partial charge in [-0.2, -0.15) is 0 Å². The van der Waals surface area contributed by atoms with Gasteiger partial charge >= 0.3 is 0 Å². The molecule has 1 heterocycles. The molecule has 1 aromatic carbocycles. The van der Waals surface area contributed by atoms with Gasteiger partial charge in [-0.1, -0.05) is 0 Å². The second kappa shape index (κ2) is 3.73. The van der Waals surface area contributed by atoms with E-state index in [-0.39, 0.29) is 6.04 Å². The average Bonchev–Trinajstić information content (AvgIpc) is 2.51. The zero-order valence-electron chi connectivity index (χ0n) is 9.67. The maximum Gasteiger partial charge on any atom is 0.248 e. The van der Waals surface area contributed by atoms with Crippen molar-refractivity contribution in [1.29, 1.82) is 0 Å². The van der Waals surface area contributed by atoms with Crippen molar-refractivity contribution in [3.05, 3.63) is 29.3 Å². The second-order valence-electron chi connectivity index (χ2n) is 4.32. The molecular formula is C11H14N2O3S. The summed E-state index contributed by atoms with van der Waals surface area (Å²) in [5.74, 6) is -0.502. The molecule has 0 saturated heterocycles. The van der Waals surface area contributed by atoms with Crippen molar-refractivity contribution in [2.45, 2.75) is 19.4 Å². The molecule has 1 atom stereocenters. The van der Waals surface area contributed by atoms with Crippen molar-refractivity contribution in [1.82, 2.24) is 0 Å². The lowest BCUT2D eigenvalue weighted by Crippen LogP contribution is -2.34. The van der Waals surface area contributed by atoms with Crippen LogP contribution >= 0.6 is 0 Å². The number of carbonyl (C=O) groups is 1. The van der Waals surface area contributed by atoms with E-state index in [9.17, 15) is 13.2 Å². The first-order chi connectivity index (χ1) is 7.80. The Morgan fingerprint density at radius 2 is 2.12 bits per heavy atom. The summed E-state index contributed by atoms with van der Waals surface area (Å²) in [6.07, 6.45) is 1.78. The predicted molar refractivity (Wildman–Crippen MR) is 65.4 cm³/mol. The van der Waals surface area contributed by atoms with E-state index in [0.29, 0.717) is 17.7 Å². The third kappa shape index (κ3) is 2.00. The minimum atomic E-state index is -3.28. The number of hydrogen-bond donors (Lipinski definition) is 1. The quantitative estimate of drug-likeness (QED) is 0.834. The van der Waals surface area contributed by atoms with Gasteiger partial charge in [0.05, 0.1) is 11.9 Å². The van der Waals surface area contributed by atoms with Crippen LogP contribution in [0.1, 0.15) is 22.8 Å². The van der Waals surface area contributed by atoms with Crippen LogP contribution < -0.4 is 10.0 Å². The SMILES string of the molecule is C[C@@H]1Cc2cc(C(N)=O)ccc2N1S(C)(=O)=O. The van der Waals surface area contributed by atoms with Crippen molar-refractivity contribution in [2.24, 2.45) is 5.73 Å². The Balaban J connectivity index is 2.53. The molecule has 0 aliphatic carbocycles. The molecule has 0 bridgehead atoms. The maximum atomic E-state index is 11.7. The lowest BCUT2D eigenvalue weighted by atomic mass is 10.1. The van der Waals surface area contributed by atoms with Crippen molar-refractivity contribution < 1.29 is 13.2 Å². The van der Waals surface area contributed by atoms with Crippen LogP contribution in [-0.2, 0) is 16.4 Å². The molecule has 0 unspecified atom stereocenters. The summed E-state index contributed by atoms with van der Waals surface area (Å²) in [5, 5.41) is 0. The van der Waals surface area contributed by atoms with Crippen molar-refractivity contribution in [2.75, 3.05) is 10.6 Å². The Hall–Kier alpha value is -1.56. The summed E-state index contributed by atoms with van der Waals surface area (Å²) in [4.78, 5) is 11.1. The van der Waals surface area contributed by atoms with Crippen LogP contribution in [0.3, 0.4) is 0 Å². The van der Waals surface area contributed by atoms with E-state index < -0.39 is 15.9 Å². The number of carbonyl (C=O) groups excluding carboxylic acids is 1. The van der Waals surface area contributed by atoms with Gasteiger partial charge in [0.25, 0.3) is 0 Å². The average molecular weight is 254 g/mol. The molecule has 2 rings (SSSR count). The van der Waals surface area contributed by atoms with Crippen LogP contribution in [0.15, 0.2) is 18.2 Å².